The molecule has 2 aromatic carbocycles. The highest BCUT2D eigenvalue weighted by Gasteiger charge is 2.54. The Balaban J connectivity index is 1.51. The van der Waals surface area contributed by atoms with E-state index in [9.17, 15) is 14.7 Å². The first-order valence-electron chi connectivity index (χ1n) is 11.2. The van der Waals surface area contributed by atoms with Crippen LogP contribution in [0.25, 0.3) is 0 Å². The maximum atomic E-state index is 12.9. The summed E-state index contributed by atoms with van der Waals surface area (Å²) in [5.41, 5.74) is 2.52. The van der Waals surface area contributed by atoms with Crippen molar-refractivity contribution in [1.82, 2.24) is 9.80 Å². The lowest BCUT2D eigenvalue weighted by Crippen LogP contribution is -2.73. The Labute approximate surface area is 194 Å². The summed E-state index contributed by atoms with van der Waals surface area (Å²) in [5, 5.41) is 12.8. The van der Waals surface area contributed by atoms with Gasteiger partial charge in [0.2, 0.25) is 5.91 Å². The van der Waals surface area contributed by atoms with Gasteiger partial charge in [-0.05, 0) is 29.8 Å². The number of nitrogens with zero attached hydrogens (tertiary/aromatic N) is 2. The van der Waals surface area contributed by atoms with Gasteiger partial charge in [-0.1, -0.05) is 50.0 Å². The van der Waals surface area contributed by atoms with E-state index >= 15 is 0 Å². The van der Waals surface area contributed by atoms with Gasteiger partial charge in [0.05, 0.1) is 31.5 Å². The van der Waals surface area contributed by atoms with E-state index in [1.807, 2.05) is 50.2 Å². The van der Waals surface area contributed by atoms with Crippen LogP contribution in [0.1, 0.15) is 30.9 Å². The maximum absolute atomic E-state index is 12.9. The van der Waals surface area contributed by atoms with Gasteiger partial charge in [0.25, 0.3) is 0 Å². The molecule has 2 heterocycles. The number of aliphatic hydroxyl groups excluding tert-OH is 1. The molecular formula is C26H29N3O4. The normalized spacial score (nSPS) is 21.6. The number of amides is 3. The zero-order chi connectivity index (χ0) is 23.5. The van der Waals surface area contributed by atoms with Gasteiger partial charge < -0.3 is 25.0 Å². The minimum absolute atomic E-state index is 0.0234. The van der Waals surface area contributed by atoms with Crippen LogP contribution in [-0.2, 0) is 4.79 Å². The molecule has 0 unspecified atom stereocenters. The second kappa shape index (κ2) is 9.55. The topological polar surface area (TPSA) is 82.1 Å². The Hall–Kier alpha value is -3.50. The number of benzene rings is 2. The Kier molecular flexibility index (Phi) is 6.57. The summed E-state index contributed by atoms with van der Waals surface area (Å²) in [6, 6.07) is 14.3. The molecule has 172 valence electrons. The van der Waals surface area contributed by atoms with Crippen LogP contribution < -0.4 is 10.1 Å². The molecule has 0 bridgehead atoms. The fraction of sp³-hybridized carbons (Fsp3) is 0.385. The van der Waals surface area contributed by atoms with Crippen LogP contribution in [0.4, 0.5) is 10.5 Å². The van der Waals surface area contributed by atoms with Gasteiger partial charge in [0.1, 0.15) is 12.3 Å². The number of nitrogens with one attached hydrogen (secondary N) is 1. The minimum atomic E-state index is -0.349. The summed E-state index contributed by atoms with van der Waals surface area (Å²) in [7, 11) is 1.54. The van der Waals surface area contributed by atoms with Crippen molar-refractivity contribution in [1.29, 1.82) is 0 Å². The summed E-state index contributed by atoms with van der Waals surface area (Å²) in [4.78, 5) is 29.0. The molecule has 0 aliphatic carbocycles. The Bertz CT molecular complexity index is 1090. The fourth-order valence-electron chi connectivity index (χ4n) is 4.61. The quantitative estimate of drug-likeness (QED) is 0.706. The molecule has 4 rings (SSSR count). The number of piperazine rings is 1. The molecule has 0 spiro atoms. The van der Waals surface area contributed by atoms with Crippen molar-refractivity contribution in [3.8, 4) is 17.6 Å². The van der Waals surface area contributed by atoms with Crippen LogP contribution in [0.2, 0.25) is 0 Å². The molecule has 7 heteroatoms. The average Bonchev–Trinajstić information content (AvgIpc) is 2.80. The molecule has 2 fully saturated rings. The van der Waals surface area contributed by atoms with Gasteiger partial charge >= 0.3 is 6.03 Å². The van der Waals surface area contributed by atoms with E-state index in [4.69, 9.17) is 4.74 Å². The molecule has 2 aliphatic rings. The molecule has 7 nitrogen and oxygen atoms in total. The fourth-order valence-corrected chi connectivity index (χ4v) is 4.61. The van der Waals surface area contributed by atoms with E-state index in [0.29, 0.717) is 23.9 Å². The van der Waals surface area contributed by atoms with Crippen molar-refractivity contribution in [2.45, 2.75) is 31.8 Å². The SMILES string of the molecule is COc1ccccc1NC(=O)N1CC(=O)N2[C@H](C1)[C@H](c1ccc(C#CC(C)C)cc1)[C@@H]2CO. The van der Waals surface area contributed by atoms with Gasteiger partial charge in [-0.25, -0.2) is 4.79 Å². The van der Waals surface area contributed by atoms with Crippen LogP contribution in [-0.4, -0.2) is 65.7 Å². The molecular weight excluding hydrogens is 418 g/mol. The van der Waals surface area contributed by atoms with Crippen LogP contribution in [0, 0.1) is 17.8 Å². The number of fused-ring (bicyclic) bond motifs is 1. The van der Waals surface area contributed by atoms with E-state index < -0.39 is 0 Å². The standard InChI is InChI=1S/C26H29N3O4/c1-17(2)8-9-18-10-12-19(13-11-18)25-21-14-28(15-24(31)29(21)22(25)16-30)26(32)27-20-6-4-5-7-23(20)33-3/h4-7,10-13,17,21-22,25,30H,14-16H2,1-3H3,(H,27,32)/t21-,22+,25+/m1/s1. The number of rotatable bonds is 4. The summed E-state index contributed by atoms with van der Waals surface area (Å²) < 4.78 is 5.30. The van der Waals surface area contributed by atoms with Crippen molar-refractivity contribution in [2.75, 3.05) is 32.1 Å². The summed E-state index contributed by atoms with van der Waals surface area (Å²) in [5.74, 6) is 6.95. The number of para-hydroxylation sites is 2. The lowest BCUT2D eigenvalue weighted by atomic mass is 9.73. The second-order valence-electron chi connectivity index (χ2n) is 8.70. The molecule has 2 N–H and O–H groups in total. The summed E-state index contributed by atoms with van der Waals surface area (Å²) in [6.45, 7) is 4.35. The molecule has 2 aliphatic heterocycles. The lowest BCUT2D eigenvalue weighted by Gasteiger charge is -2.58. The first-order chi connectivity index (χ1) is 15.9. The Morgan fingerprint density at radius 3 is 2.61 bits per heavy atom. The number of hydrogen-bond donors (Lipinski definition) is 2. The van der Waals surface area contributed by atoms with E-state index in [1.165, 1.54) is 4.90 Å². The van der Waals surface area contributed by atoms with Gasteiger partial charge in [0.15, 0.2) is 0 Å². The Morgan fingerprint density at radius 2 is 1.94 bits per heavy atom. The molecule has 3 amide bonds. The highest BCUT2D eigenvalue weighted by molar-refractivity contribution is 5.94. The highest BCUT2D eigenvalue weighted by Crippen LogP contribution is 2.43. The number of aliphatic hydroxyl groups is 1. The molecule has 3 atom stereocenters. The third-order valence-corrected chi connectivity index (χ3v) is 6.19. The van der Waals surface area contributed by atoms with E-state index in [0.717, 1.165) is 11.1 Å². The van der Waals surface area contributed by atoms with Gasteiger partial charge in [-0.15, -0.1) is 0 Å². The van der Waals surface area contributed by atoms with E-state index in [2.05, 4.69) is 17.2 Å². The van der Waals surface area contributed by atoms with Crippen molar-refractivity contribution < 1.29 is 19.4 Å². The number of carbonyl (C=O) groups is 2. The van der Waals surface area contributed by atoms with E-state index in [-0.39, 0.29) is 43.1 Å². The largest absolute Gasteiger partial charge is 0.495 e. The molecule has 2 aromatic rings. The van der Waals surface area contributed by atoms with Crippen molar-refractivity contribution in [3.63, 3.8) is 0 Å². The molecule has 2 saturated heterocycles. The third-order valence-electron chi connectivity index (χ3n) is 6.19. The van der Waals surface area contributed by atoms with Gasteiger partial charge in [-0.3, -0.25) is 4.79 Å². The molecule has 0 saturated carbocycles. The number of urea groups is 1. The predicted molar refractivity (Wildman–Crippen MR) is 126 cm³/mol. The smallest absolute Gasteiger partial charge is 0.322 e. The van der Waals surface area contributed by atoms with Crippen LogP contribution in [0.5, 0.6) is 5.75 Å². The first-order valence-corrected chi connectivity index (χ1v) is 11.2. The first kappa shape index (κ1) is 22.7. The minimum Gasteiger partial charge on any atom is -0.495 e. The van der Waals surface area contributed by atoms with Crippen molar-refractivity contribution in [3.05, 3.63) is 59.7 Å². The summed E-state index contributed by atoms with van der Waals surface area (Å²) in [6.07, 6.45) is 0. The Morgan fingerprint density at radius 1 is 1.21 bits per heavy atom. The number of ether oxygens (including phenoxy) is 1. The van der Waals surface area contributed by atoms with E-state index in [1.54, 1.807) is 24.1 Å². The molecule has 33 heavy (non-hydrogen) atoms. The van der Waals surface area contributed by atoms with Crippen LogP contribution in [0.15, 0.2) is 48.5 Å². The number of methoxy groups -OCH3 is 1. The highest BCUT2D eigenvalue weighted by atomic mass is 16.5. The van der Waals surface area contributed by atoms with Crippen molar-refractivity contribution in [2.24, 2.45) is 5.92 Å². The molecule has 0 aromatic heterocycles. The van der Waals surface area contributed by atoms with Gasteiger partial charge in [0, 0.05) is 23.9 Å². The van der Waals surface area contributed by atoms with Gasteiger partial charge in [-0.2, -0.15) is 0 Å². The third kappa shape index (κ3) is 4.53. The van der Waals surface area contributed by atoms with Crippen LogP contribution >= 0.6 is 0 Å². The second-order valence-corrected chi connectivity index (χ2v) is 8.70. The number of carbonyl (C=O) groups excluding carboxylic acids is 2. The zero-order valence-corrected chi connectivity index (χ0v) is 19.1. The monoisotopic (exact) mass is 447 g/mol. The van der Waals surface area contributed by atoms with Crippen LogP contribution in [0.3, 0.4) is 0 Å². The number of hydrogen-bond acceptors (Lipinski definition) is 4. The van der Waals surface area contributed by atoms with Crippen molar-refractivity contribution >= 4 is 17.6 Å². The predicted octanol–water partition coefficient (Wildman–Crippen LogP) is 2.91. The lowest BCUT2D eigenvalue weighted by molar-refractivity contribution is -0.159. The zero-order valence-electron chi connectivity index (χ0n) is 19.1. The maximum Gasteiger partial charge on any atom is 0.322 e. The average molecular weight is 448 g/mol. The molecule has 0 radical (unpaired) electrons. The number of anilines is 1. The summed E-state index contributed by atoms with van der Waals surface area (Å²) >= 11 is 0.